The second-order valence-corrected chi connectivity index (χ2v) is 6.45. The van der Waals surface area contributed by atoms with Gasteiger partial charge in [-0.2, -0.15) is 0 Å². The van der Waals surface area contributed by atoms with Gasteiger partial charge in [0.15, 0.2) is 5.96 Å². The molecule has 0 radical (unpaired) electrons. The van der Waals surface area contributed by atoms with Crippen molar-refractivity contribution >= 4 is 35.8 Å². The fourth-order valence-corrected chi connectivity index (χ4v) is 3.30. The van der Waals surface area contributed by atoms with Gasteiger partial charge in [-0.3, -0.25) is 9.79 Å². The van der Waals surface area contributed by atoms with Crippen molar-refractivity contribution in [2.75, 3.05) is 39.8 Å². The summed E-state index contributed by atoms with van der Waals surface area (Å²) in [5.41, 5.74) is 0.248. The van der Waals surface area contributed by atoms with Crippen molar-refractivity contribution < 1.29 is 18.3 Å². The third-order valence-corrected chi connectivity index (χ3v) is 4.75. The normalized spacial score (nSPS) is 20.4. The summed E-state index contributed by atoms with van der Waals surface area (Å²) in [6.45, 7) is 3.24. The monoisotopic (exact) mass is 494 g/mol. The van der Waals surface area contributed by atoms with Crippen LogP contribution in [-0.2, 0) is 16.1 Å². The molecule has 1 unspecified atom stereocenters. The van der Waals surface area contributed by atoms with Crippen LogP contribution in [0.25, 0.3) is 0 Å². The summed E-state index contributed by atoms with van der Waals surface area (Å²) < 4.78 is 32.5. The molecule has 0 spiro atoms. The Labute approximate surface area is 175 Å². The predicted molar refractivity (Wildman–Crippen MR) is 109 cm³/mol. The van der Waals surface area contributed by atoms with Crippen molar-refractivity contribution in [1.29, 1.82) is 0 Å². The molecule has 0 bridgehead atoms. The summed E-state index contributed by atoms with van der Waals surface area (Å²) in [6, 6.07) is 3.39. The van der Waals surface area contributed by atoms with E-state index in [-0.39, 0.29) is 48.1 Å². The van der Waals surface area contributed by atoms with Crippen molar-refractivity contribution in [1.82, 2.24) is 15.1 Å². The molecule has 1 N–H and O–H groups in total. The molecule has 2 saturated heterocycles. The third kappa shape index (κ3) is 5.50. The van der Waals surface area contributed by atoms with Crippen LogP contribution in [0, 0.1) is 11.6 Å². The number of ether oxygens (including phenoxy) is 1. The first-order valence-electron chi connectivity index (χ1n) is 8.88. The van der Waals surface area contributed by atoms with Crippen molar-refractivity contribution in [3.05, 3.63) is 35.4 Å². The Kier molecular flexibility index (Phi) is 8.21. The molecule has 2 aliphatic rings. The maximum Gasteiger partial charge on any atom is 0.251 e. The van der Waals surface area contributed by atoms with E-state index in [1.165, 1.54) is 6.07 Å². The first-order valence-corrected chi connectivity index (χ1v) is 8.88. The number of benzene rings is 1. The number of guanidine groups is 1. The molecular formula is C18H25F2IN4O2. The number of aliphatic imine (C=N–C) groups is 1. The third-order valence-electron chi connectivity index (χ3n) is 4.75. The smallest absolute Gasteiger partial charge is 0.251 e. The van der Waals surface area contributed by atoms with E-state index in [0.29, 0.717) is 38.7 Å². The Morgan fingerprint density at radius 1 is 1.26 bits per heavy atom. The fourth-order valence-electron chi connectivity index (χ4n) is 3.30. The van der Waals surface area contributed by atoms with Crippen molar-refractivity contribution in [2.45, 2.75) is 25.5 Å². The lowest BCUT2D eigenvalue weighted by atomic mass is 10.2. The van der Waals surface area contributed by atoms with E-state index < -0.39 is 11.6 Å². The van der Waals surface area contributed by atoms with E-state index in [0.717, 1.165) is 25.0 Å². The number of hydrogen-bond acceptors (Lipinski definition) is 3. The standard InChI is InChI=1S/C18H24F2N4O2.HI/c1-21-18(22-12-13-11-14(19)4-5-15(13)20)24-8-6-23(7-9-24)17(25)16-3-2-10-26-16;/h4-5,11,16H,2-3,6-10,12H2,1H3,(H,21,22);1H. The van der Waals surface area contributed by atoms with Crippen LogP contribution in [-0.4, -0.2) is 67.6 Å². The van der Waals surface area contributed by atoms with E-state index in [9.17, 15) is 13.6 Å². The molecule has 1 aromatic carbocycles. The largest absolute Gasteiger partial charge is 0.368 e. The number of carbonyl (C=O) groups is 1. The number of amides is 1. The Morgan fingerprint density at radius 2 is 1.96 bits per heavy atom. The molecule has 9 heteroatoms. The molecule has 6 nitrogen and oxygen atoms in total. The topological polar surface area (TPSA) is 57.2 Å². The lowest BCUT2D eigenvalue weighted by Gasteiger charge is -2.37. The van der Waals surface area contributed by atoms with Gasteiger partial charge in [0.2, 0.25) is 0 Å². The zero-order valence-corrected chi connectivity index (χ0v) is 17.6. The quantitative estimate of drug-likeness (QED) is 0.397. The van der Waals surface area contributed by atoms with E-state index >= 15 is 0 Å². The summed E-state index contributed by atoms with van der Waals surface area (Å²) in [5, 5.41) is 3.06. The Bertz CT molecular complexity index is 675. The van der Waals surface area contributed by atoms with Crippen LogP contribution < -0.4 is 5.32 Å². The zero-order valence-electron chi connectivity index (χ0n) is 15.3. The summed E-state index contributed by atoms with van der Waals surface area (Å²) in [6.07, 6.45) is 1.43. The van der Waals surface area contributed by atoms with Crippen LogP contribution >= 0.6 is 24.0 Å². The number of piperazine rings is 1. The summed E-state index contributed by atoms with van der Waals surface area (Å²) in [5.74, 6) is -0.259. The summed E-state index contributed by atoms with van der Waals surface area (Å²) in [4.78, 5) is 20.4. The van der Waals surface area contributed by atoms with E-state index in [4.69, 9.17) is 4.74 Å². The van der Waals surface area contributed by atoms with E-state index in [2.05, 4.69) is 10.3 Å². The summed E-state index contributed by atoms with van der Waals surface area (Å²) >= 11 is 0. The number of nitrogens with one attached hydrogen (secondary N) is 1. The molecule has 150 valence electrons. The zero-order chi connectivity index (χ0) is 18.5. The van der Waals surface area contributed by atoms with E-state index in [1.54, 1.807) is 7.05 Å². The van der Waals surface area contributed by atoms with Crippen LogP contribution in [0.2, 0.25) is 0 Å². The molecule has 0 aromatic heterocycles. The second-order valence-electron chi connectivity index (χ2n) is 6.45. The van der Waals surface area contributed by atoms with Crippen molar-refractivity contribution in [3.63, 3.8) is 0 Å². The fraction of sp³-hybridized carbons (Fsp3) is 0.556. The first-order chi connectivity index (χ1) is 12.6. The maximum atomic E-state index is 13.7. The molecule has 1 aromatic rings. The van der Waals surface area contributed by atoms with Gasteiger partial charge >= 0.3 is 0 Å². The molecule has 0 aliphatic carbocycles. The number of rotatable bonds is 3. The second kappa shape index (κ2) is 10.2. The molecule has 1 amide bonds. The van der Waals surface area contributed by atoms with Crippen LogP contribution in [0.1, 0.15) is 18.4 Å². The van der Waals surface area contributed by atoms with Gasteiger partial charge in [-0.25, -0.2) is 8.78 Å². The maximum absolute atomic E-state index is 13.7. The van der Waals surface area contributed by atoms with Gasteiger partial charge in [0.25, 0.3) is 5.91 Å². The highest BCUT2D eigenvalue weighted by molar-refractivity contribution is 14.0. The highest BCUT2D eigenvalue weighted by atomic mass is 127. The van der Waals surface area contributed by atoms with Gasteiger partial charge in [-0.05, 0) is 31.0 Å². The van der Waals surface area contributed by atoms with Gasteiger partial charge in [0.1, 0.15) is 17.7 Å². The van der Waals surface area contributed by atoms with Crippen LogP contribution in [0.3, 0.4) is 0 Å². The van der Waals surface area contributed by atoms with Gasteiger partial charge in [0.05, 0.1) is 0 Å². The number of nitrogens with zero attached hydrogens (tertiary/aromatic N) is 3. The van der Waals surface area contributed by atoms with Crippen molar-refractivity contribution in [3.8, 4) is 0 Å². The summed E-state index contributed by atoms with van der Waals surface area (Å²) in [7, 11) is 1.65. The van der Waals surface area contributed by atoms with E-state index in [1.807, 2.05) is 9.80 Å². The number of hydrogen-bond donors (Lipinski definition) is 1. The Morgan fingerprint density at radius 3 is 2.59 bits per heavy atom. The SMILES string of the molecule is CN=C(NCc1cc(F)ccc1F)N1CCN(C(=O)C2CCCO2)CC1.I. The molecule has 2 aliphatic heterocycles. The minimum Gasteiger partial charge on any atom is -0.368 e. The minimum atomic E-state index is -0.473. The molecule has 0 saturated carbocycles. The molecule has 27 heavy (non-hydrogen) atoms. The molecular weight excluding hydrogens is 469 g/mol. The van der Waals surface area contributed by atoms with Gasteiger partial charge < -0.3 is 19.9 Å². The predicted octanol–water partition coefficient (Wildman–Crippen LogP) is 1.98. The number of carbonyl (C=O) groups excluding carboxylic acids is 1. The van der Waals surface area contributed by atoms with Crippen LogP contribution in [0.4, 0.5) is 8.78 Å². The minimum absolute atomic E-state index is 0. The average molecular weight is 494 g/mol. The molecule has 2 heterocycles. The highest BCUT2D eigenvalue weighted by Gasteiger charge is 2.30. The van der Waals surface area contributed by atoms with Gasteiger partial charge in [-0.1, -0.05) is 0 Å². The first kappa shape index (κ1) is 21.8. The lowest BCUT2D eigenvalue weighted by Crippen LogP contribution is -2.55. The van der Waals surface area contributed by atoms with Crippen molar-refractivity contribution in [2.24, 2.45) is 4.99 Å². The highest BCUT2D eigenvalue weighted by Crippen LogP contribution is 2.16. The Hall–Kier alpha value is -1.49. The Balaban J connectivity index is 0.00000261. The number of halogens is 3. The molecule has 1 atom stereocenters. The van der Waals surface area contributed by atoms with Crippen LogP contribution in [0.5, 0.6) is 0 Å². The molecule has 2 fully saturated rings. The van der Waals surface area contributed by atoms with Gasteiger partial charge in [0, 0.05) is 51.9 Å². The average Bonchev–Trinajstić information content (AvgIpc) is 3.19. The lowest BCUT2D eigenvalue weighted by molar-refractivity contribution is -0.142. The van der Waals surface area contributed by atoms with Gasteiger partial charge in [-0.15, -0.1) is 24.0 Å². The van der Waals surface area contributed by atoms with Crippen LogP contribution in [0.15, 0.2) is 23.2 Å². The molecule has 3 rings (SSSR count).